The van der Waals surface area contributed by atoms with E-state index in [4.69, 9.17) is 4.74 Å². The summed E-state index contributed by atoms with van der Waals surface area (Å²) in [6, 6.07) is 2.51. The van der Waals surface area contributed by atoms with E-state index in [0.717, 1.165) is 0 Å². The highest BCUT2D eigenvalue weighted by molar-refractivity contribution is 5.90. The first-order valence-electron chi connectivity index (χ1n) is 5.51. The summed E-state index contributed by atoms with van der Waals surface area (Å²) in [7, 11) is 1.21. The lowest BCUT2D eigenvalue weighted by Gasteiger charge is -2.19. The Morgan fingerprint density at radius 1 is 1.32 bits per heavy atom. The van der Waals surface area contributed by atoms with E-state index in [0.29, 0.717) is 0 Å². The molecule has 2 N–H and O–H groups in total. The molecule has 0 spiro atoms. The van der Waals surface area contributed by atoms with Crippen LogP contribution in [0.25, 0.3) is 0 Å². The molecule has 1 aromatic heterocycles. The molecule has 104 valence electrons. The second-order valence-corrected chi connectivity index (χ2v) is 4.68. The number of rotatable bonds is 2. The predicted octanol–water partition coefficient (Wildman–Crippen LogP) is 1.92. The quantitative estimate of drug-likeness (QED) is 0.795. The normalized spacial score (nSPS) is 10.7. The summed E-state index contributed by atoms with van der Waals surface area (Å²) in [5, 5.41) is 11.8. The molecule has 1 amide bonds. The molecule has 0 radical (unpaired) electrons. The van der Waals surface area contributed by atoms with Crippen molar-refractivity contribution in [2.24, 2.45) is 0 Å². The van der Waals surface area contributed by atoms with Crippen molar-refractivity contribution in [2.75, 3.05) is 12.4 Å². The van der Waals surface area contributed by atoms with Gasteiger partial charge in [0.1, 0.15) is 5.60 Å². The van der Waals surface area contributed by atoms with E-state index in [-0.39, 0.29) is 17.3 Å². The molecule has 0 unspecified atom stereocenters. The van der Waals surface area contributed by atoms with Gasteiger partial charge in [0.2, 0.25) is 0 Å². The largest absolute Gasteiger partial charge is 0.504 e. The van der Waals surface area contributed by atoms with Gasteiger partial charge in [0, 0.05) is 0 Å². The summed E-state index contributed by atoms with van der Waals surface area (Å²) >= 11 is 0. The van der Waals surface area contributed by atoms with Gasteiger partial charge in [0.15, 0.2) is 17.3 Å². The predicted molar refractivity (Wildman–Crippen MR) is 67.1 cm³/mol. The smallest absolute Gasteiger partial charge is 0.413 e. The molecule has 0 atom stereocenters. The van der Waals surface area contributed by atoms with Gasteiger partial charge in [0.25, 0.3) is 0 Å². The van der Waals surface area contributed by atoms with Gasteiger partial charge in [0.05, 0.1) is 7.11 Å². The molecule has 7 nitrogen and oxygen atoms in total. The Labute approximate surface area is 110 Å². The number of ether oxygens (including phenoxy) is 2. The molecule has 0 aliphatic carbocycles. The number of nitrogens with zero attached hydrogens (tertiary/aromatic N) is 1. The van der Waals surface area contributed by atoms with Gasteiger partial charge in [-0.1, -0.05) is 0 Å². The molecule has 7 heteroatoms. The molecular weight excluding hydrogens is 252 g/mol. The molecule has 1 heterocycles. The van der Waals surface area contributed by atoms with Crippen LogP contribution in [0, 0.1) is 0 Å². The fraction of sp³-hybridized carbons (Fsp3) is 0.417. The maximum absolute atomic E-state index is 11.5. The summed E-state index contributed by atoms with van der Waals surface area (Å²) in [6.45, 7) is 5.10. The van der Waals surface area contributed by atoms with Crippen molar-refractivity contribution in [3.63, 3.8) is 0 Å². The number of hydrogen-bond acceptors (Lipinski definition) is 6. The van der Waals surface area contributed by atoms with Gasteiger partial charge in [-0.05, 0) is 32.9 Å². The summed E-state index contributed by atoms with van der Waals surface area (Å²) in [4.78, 5) is 26.6. The highest BCUT2D eigenvalue weighted by atomic mass is 16.6. The molecule has 0 aliphatic heterocycles. The second kappa shape index (κ2) is 5.55. The van der Waals surface area contributed by atoms with E-state index >= 15 is 0 Å². The number of esters is 1. The molecule has 19 heavy (non-hydrogen) atoms. The molecule has 0 fully saturated rings. The Balaban J connectivity index is 2.88. The van der Waals surface area contributed by atoms with Crippen LogP contribution in [0.2, 0.25) is 0 Å². The number of pyridine rings is 1. The van der Waals surface area contributed by atoms with E-state index in [1.807, 2.05) is 0 Å². The zero-order chi connectivity index (χ0) is 14.6. The number of carbonyl (C=O) groups is 2. The van der Waals surface area contributed by atoms with Crippen LogP contribution in [-0.4, -0.2) is 34.9 Å². The Bertz CT molecular complexity index is 493. The summed E-state index contributed by atoms with van der Waals surface area (Å²) in [6.07, 6.45) is -0.780. The number of aromatic nitrogens is 1. The van der Waals surface area contributed by atoms with Crippen LogP contribution >= 0.6 is 0 Å². The van der Waals surface area contributed by atoms with E-state index < -0.39 is 17.7 Å². The number of anilines is 1. The lowest BCUT2D eigenvalue weighted by Crippen LogP contribution is -2.27. The highest BCUT2D eigenvalue weighted by Crippen LogP contribution is 2.21. The Hall–Kier alpha value is -2.31. The number of methoxy groups -OCH3 is 1. The van der Waals surface area contributed by atoms with E-state index in [1.165, 1.54) is 19.2 Å². The first-order chi connectivity index (χ1) is 8.73. The van der Waals surface area contributed by atoms with Gasteiger partial charge in [-0.25, -0.2) is 14.6 Å². The van der Waals surface area contributed by atoms with Gasteiger partial charge in [-0.3, -0.25) is 5.32 Å². The van der Waals surface area contributed by atoms with Gasteiger partial charge in [-0.2, -0.15) is 0 Å². The molecule has 0 bridgehead atoms. The Morgan fingerprint density at radius 2 is 1.95 bits per heavy atom. The Morgan fingerprint density at radius 3 is 2.47 bits per heavy atom. The first-order valence-corrected chi connectivity index (χ1v) is 5.51. The molecule has 0 aromatic carbocycles. The third-order valence-electron chi connectivity index (χ3n) is 1.89. The van der Waals surface area contributed by atoms with Crippen molar-refractivity contribution in [1.82, 2.24) is 4.98 Å². The lowest BCUT2D eigenvalue weighted by molar-refractivity contribution is 0.0589. The fourth-order valence-corrected chi connectivity index (χ4v) is 1.16. The van der Waals surface area contributed by atoms with E-state index in [1.54, 1.807) is 20.8 Å². The van der Waals surface area contributed by atoms with Crippen LogP contribution in [0.4, 0.5) is 10.6 Å². The molecule has 1 aromatic rings. The third kappa shape index (κ3) is 4.46. The zero-order valence-corrected chi connectivity index (χ0v) is 11.2. The molecule has 0 aliphatic rings. The van der Waals surface area contributed by atoms with Crippen molar-refractivity contribution in [3.8, 4) is 5.75 Å². The molecular formula is C12H16N2O5. The average molecular weight is 268 g/mol. The SMILES string of the molecule is COC(=O)c1ccc(O)c(NC(=O)OC(C)(C)C)n1. The second-order valence-electron chi connectivity index (χ2n) is 4.68. The van der Waals surface area contributed by atoms with Crippen LogP contribution in [0.3, 0.4) is 0 Å². The van der Waals surface area contributed by atoms with Gasteiger partial charge in [-0.15, -0.1) is 0 Å². The number of aromatic hydroxyl groups is 1. The van der Waals surface area contributed by atoms with Crippen LogP contribution in [-0.2, 0) is 9.47 Å². The standard InChI is InChI=1S/C12H16N2O5/c1-12(2,3)19-11(17)14-9-8(15)6-5-7(13-9)10(16)18-4/h5-6,15H,1-4H3,(H,13,14,17). The first kappa shape index (κ1) is 14.7. The number of hydrogen-bond donors (Lipinski definition) is 2. The molecule has 0 saturated heterocycles. The highest BCUT2D eigenvalue weighted by Gasteiger charge is 2.19. The number of carbonyl (C=O) groups excluding carboxylic acids is 2. The van der Waals surface area contributed by atoms with Crippen LogP contribution < -0.4 is 5.32 Å². The molecule has 1 rings (SSSR count). The zero-order valence-electron chi connectivity index (χ0n) is 11.2. The van der Waals surface area contributed by atoms with E-state index in [9.17, 15) is 14.7 Å². The van der Waals surface area contributed by atoms with Crippen molar-refractivity contribution < 1.29 is 24.2 Å². The van der Waals surface area contributed by atoms with Gasteiger partial charge >= 0.3 is 12.1 Å². The van der Waals surface area contributed by atoms with Crippen molar-refractivity contribution in [1.29, 1.82) is 0 Å². The topological polar surface area (TPSA) is 97.8 Å². The van der Waals surface area contributed by atoms with Crippen molar-refractivity contribution in [2.45, 2.75) is 26.4 Å². The van der Waals surface area contributed by atoms with Gasteiger partial charge < -0.3 is 14.6 Å². The minimum Gasteiger partial charge on any atom is -0.504 e. The van der Waals surface area contributed by atoms with E-state index in [2.05, 4.69) is 15.0 Å². The third-order valence-corrected chi connectivity index (χ3v) is 1.89. The minimum atomic E-state index is -0.780. The maximum atomic E-state index is 11.5. The number of amides is 1. The maximum Gasteiger partial charge on any atom is 0.413 e. The van der Waals surface area contributed by atoms with Crippen LogP contribution in [0.5, 0.6) is 5.75 Å². The molecule has 0 saturated carbocycles. The number of nitrogens with one attached hydrogen (secondary N) is 1. The van der Waals surface area contributed by atoms with Crippen LogP contribution in [0.15, 0.2) is 12.1 Å². The monoisotopic (exact) mass is 268 g/mol. The lowest BCUT2D eigenvalue weighted by atomic mass is 10.2. The van der Waals surface area contributed by atoms with Crippen molar-refractivity contribution in [3.05, 3.63) is 17.8 Å². The Kier molecular flexibility index (Phi) is 4.31. The summed E-state index contributed by atoms with van der Waals surface area (Å²) < 4.78 is 9.50. The summed E-state index contributed by atoms with van der Waals surface area (Å²) in [5.41, 5.74) is -0.717. The fourth-order valence-electron chi connectivity index (χ4n) is 1.16. The van der Waals surface area contributed by atoms with Crippen LogP contribution in [0.1, 0.15) is 31.3 Å². The summed E-state index contributed by atoms with van der Waals surface area (Å²) in [5.74, 6) is -1.12. The minimum absolute atomic E-state index is 0.0358. The van der Waals surface area contributed by atoms with Crippen molar-refractivity contribution >= 4 is 17.9 Å². The average Bonchev–Trinajstić information content (AvgIpc) is 2.28.